The Balaban J connectivity index is 1.53. The SMILES string of the molecule is Cc1ccn2c(C(=O)NCc3ccc4c(c3)CC(F)O4)c(C)nc2c1. The summed E-state index contributed by atoms with van der Waals surface area (Å²) in [7, 11) is 0. The third-order valence-corrected chi connectivity index (χ3v) is 4.38. The summed E-state index contributed by atoms with van der Waals surface area (Å²) in [6, 6.07) is 9.34. The lowest BCUT2D eigenvalue weighted by atomic mass is 10.1. The molecule has 0 radical (unpaired) electrons. The van der Waals surface area contributed by atoms with Gasteiger partial charge in [0.15, 0.2) is 0 Å². The van der Waals surface area contributed by atoms with E-state index in [2.05, 4.69) is 10.3 Å². The topological polar surface area (TPSA) is 55.6 Å². The van der Waals surface area contributed by atoms with Crippen molar-refractivity contribution in [3.05, 3.63) is 64.6 Å². The Hall–Kier alpha value is -2.89. The molecule has 128 valence electrons. The van der Waals surface area contributed by atoms with Gasteiger partial charge in [-0.05, 0) is 43.2 Å². The van der Waals surface area contributed by atoms with Crippen molar-refractivity contribution in [1.82, 2.24) is 14.7 Å². The molecule has 0 aliphatic carbocycles. The van der Waals surface area contributed by atoms with Crippen LogP contribution in [0, 0.1) is 13.8 Å². The minimum atomic E-state index is -1.27. The number of hydrogen-bond acceptors (Lipinski definition) is 3. The van der Waals surface area contributed by atoms with Crippen LogP contribution in [0.5, 0.6) is 5.75 Å². The van der Waals surface area contributed by atoms with Gasteiger partial charge >= 0.3 is 0 Å². The molecule has 25 heavy (non-hydrogen) atoms. The summed E-state index contributed by atoms with van der Waals surface area (Å²) in [6.07, 6.45) is 0.834. The van der Waals surface area contributed by atoms with Crippen molar-refractivity contribution in [3.63, 3.8) is 0 Å². The van der Waals surface area contributed by atoms with E-state index in [-0.39, 0.29) is 12.3 Å². The average Bonchev–Trinajstić information content (AvgIpc) is 3.09. The highest BCUT2D eigenvalue weighted by atomic mass is 19.1. The van der Waals surface area contributed by atoms with Crippen LogP contribution >= 0.6 is 0 Å². The second-order valence-electron chi connectivity index (χ2n) is 6.33. The molecule has 1 atom stereocenters. The quantitative estimate of drug-likeness (QED) is 0.798. The summed E-state index contributed by atoms with van der Waals surface area (Å²) in [4.78, 5) is 17.1. The number of amides is 1. The van der Waals surface area contributed by atoms with Gasteiger partial charge in [-0.1, -0.05) is 12.1 Å². The zero-order valence-electron chi connectivity index (χ0n) is 14.0. The number of imidazole rings is 1. The molecule has 0 spiro atoms. The smallest absolute Gasteiger partial charge is 0.270 e. The van der Waals surface area contributed by atoms with Gasteiger partial charge in [0.2, 0.25) is 6.36 Å². The van der Waals surface area contributed by atoms with Crippen LogP contribution in [-0.4, -0.2) is 21.6 Å². The molecule has 1 aliphatic heterocycles. The molecule has 1 amide bonds. The van der Waals surface area contributed by atoms with Gasteiger partial charge < -0.3 is 10.1 Å². The number of ether oxygens (including phenoxy) is 1. The predicted molar refractivity (Wildman–Crippen MR) is 91.5 cm³/mol. The maximum Gasteiger partial charge on any atom is 0.270 e. The Labute approximate surface area is 144 Å². The molecule has 2 aromatic heterocycles. The van der Waals surface area contributed by atoms with Crippen LogP contribution in [0.25, 0.3) is 5.65 Å². The minimum Gasteiger partial charge on any atom is -0.460 e. The van der Waals surface area contributed by atoms with E-state index in [0.29, 0.717) is 23.7 Å². The van der Waals surface area contributed by atoms with Crippen LogP contribution in [0.4, 0.5) is 4.39 Å². The number of halogens is 1. The van der Waals surface area contributed by atoms with Crippen molar-refractivity contribution < 1.29 is 13.9 Å². The number of aromatic nitrogens is 2. The largest absolute Gasteiger partial charge is 0.460 e. The number of pyridine rings is 1. The predicted octanol–water partition coefficient (Wildman–Crippen LogP) is 3.11. The van der Waals surface area contributed by atoms with E-state index < -0.39 is 6.36 Å². The Kier molecular flexibility index (Phi) is 3.67. The fourth-order valence-electron chi connectivity index (χ4n) is 3.17. The molecule has 3 heterocycles. The summed E-state index contributed by atoms with van der Waals surface area (Å²) >= 11 is 0. The van der Waals surface area contributed by atoms with Gasteiger partial charge in [0, 0.05) is 24.7 Å². The summed E-state index contributed by atoms with van der Waals surface area (Å²) in [6.45, 7) is 4.18. The number of fused-ring (bicyclic) bond motifs is 2. The van der Waals surface area contributed by atoms with Gasteiger partial charge in [-0.2, -0.15) is 0 Å². The standard InChI is InChI=1S/C19H18FN3O2/c1-11-5-6-23-17(7-11)22-12(2)18(23)19(24)21-10-13-3-4-15-14(8-13)9-16(20)25-15/h3-8,16H,9-10H2,1-2H3,(H,21,24). The van der Waals surface area contributed by atoms with Gasteiger partial charge in [0.25, 0.3) is 5.91 Å². The molecular formula is C19H18FN3O2. The highest BCUT2D eigenvalue weighted by Gasteiger charge is 2.22. The van der Waals surface area contributed by atoms with E-state index >= 15 is 0 Å². The van der Waals surface area contributed by atoms with Crippen LogP contribution in [-0.2, 0) is 13.0 Å². The lowest BCUT2D eigenvalue weighted by molar-refractivity contribution is 0.0910. The van der Waals surface area contributed by atoms with E-state index in [1.165, 1.54) is 0 Å². The molecule has 1 unspecified atom stereocenters. The third-order valence-electron chi connectivity index (χ3n) is 4.38. The first kappa shape index (κ1) is 15.6. The summed E-state index contributed by atoms with van der Waals surface area (Å²) < 4.78 is 20.1. The number of nitrogens with one attached hydrogen (secondary N) is 1. The monoisotopic (exact) mass is 339 g/mol. The Bertz CT molecular complexity index is 980. The van der Waals surface area contributed by atoms with Crippen molar-refractivity contribution in [2.45, 2.75) is 33.2 Å². The van der Waals surface area contributed by atoms with Crippen molar-refractivity contribution in [2.75, 3.05) is 0 Å². The van der Waals surface area contributed by atoms with Crippen molar-refractivity contribution in [3.8, 4) is 5.75 Å². The molecule has 0 bridgehead atoms. The molecule has 1 aliphatic rings. The van der Waals surface area contributed by atoms with Crippen LogP contribution in [0.1, 0.15) is 32.9 Å². The molecule has 1 N–H and O–H groups in total. The fraction of sp³-hybridized carbons (Fsp3) is 0.263. The number of aryl methyl sites for hydroxylation is 2. The third kappa shape index (κ3) is 2.84. The molecule has 5 nitrogen and oxygen atoms in total. The zero-order valence-corrected chi connectivity index (χ0v) is 14.0. The van der Waals surface area contributed by atoms with Gasteiger partial charge in [-0.15, -0.1) is 0 Å². The van der Waals surface area contributed by atoms with Crippen molar-refractivity contribution in [1.29, 1.82) is 0 Å². The molecular weight excluding hydrogens is 321 g/mol. The molecule has 3 aromatic rings. The molecule has 0 fully saturated rings. The number of alkyl halides is 1. The summed E-state index contributed by atoms with van der Waals surface area (Å²) in [5.41, 5.74) is 4.81. The Morgan fingerprint density at radius 2 is 2.20 bits per heavy atom. The highest BCUT2D eigenvalue weighted by molar-refractivity contribution is 5.94. The number of carbonyl (C=O) groups excluding carboxylic acids is 1. The molecule has 0 saturated carbocycles. The maximum absolute atomic E-state index is 13.3. The van der Waals surface area contributed by atoms with Gasteiger partial charge in [0.1, 0.15) is 17.1 Å². The number of hydrogen-bond donors (Lipinski definition) is 1. The van der Waals surface area contributed by atoms with E-state index in [1.54, 1.807) is 10.5 Å². The van der Waals surface area contributed by atoms with E-state index in [4.69, 9.17) is 4.74 Å². The maximum atomic E-state index is 13.3. The second kappa shape index (κ2) is 5.88. The number of benzene rings is 1. The van der Waals surface area contributed by atoms with Crippen LogP contribution in [0.3, 0.4) is 0 Å². The Morgan fingerprint density at radius 1 is 1.36 bits per heavy atom. The number of carbonyl (C=O) groups is 1. The fourth-order valence-corrected chi connectivity index (χ4v) is 3.17. The summed E-state index contributed by atoms with van der Waals surface area (Å²) in [5.74, 6) is 0.393. The van der Waals surface area contributed by atoms with Gasteiger partial charge in [-0.3, -0.25) is 9.20 Å². The Morgan fingerprint density at radius 3 is 3.04 bits per heavy atom. The van der Waals surface area contributed by atoms with E-state index in [0.717, 1.165) is 22.3 Å². The van der Waals surface area contributed by atoms with E-state index in [9.17, 15) is 9.18 Å². The lowest BCUT2D eigenvalue weighted by Crippen LogP contribution is -2.25. The molecule has 6 heteroatoms. The first-order valence-corrected chi connectivity index (χ1v) is 8.17. The van der Waals surface area contributed by atoms with Crippen molar-refractivity contribution >= 4 is 11.6 Å². The minimum absolute atomic E-state index is 0.186. The second-order valence-corrected chi connectivity index (χ2v) is 6.33. The van der Waals surface area contributed by atoms with Gasteiger partial charge in [0.05, 0.1) is 5.69 Å². The lowest BCUT2D eigenvalue weighted by Gasteiger charge is -2.08. The first-order chi connectivity index (χ1) is 12.0. The van der Waals surface area contributed by atoms with Gasteiger partial charge in [-0.25, -0.2) is 9.37 Å². The molecule has 4 rings (SSSR count). The number of rotatable bonds is 3. The number of nitrogens with zero attached hydrogens (tertiary/aromatic N) is 2. The van der Waals surface area contributed by atoms with Crippen LogP contribution < -0.4 is 10.1 Å². The molecule has 1 aromatic carbocycles. The van der Waals surface area contributed by atoms with Crippen LogP contribution in [0.2, 0.25) is 0 Å². The normalized spacial score (nSPS) is 15.9. The average molecular weight is 339 g/mol. The van der Waals surface area contributed by atoms with Crippen LogP contribution in [0.15, 0.2) is 36.5 Å². The highest BCUT2D eigenvalue weighted by Crippen LogP contribution is 2.30. The van der Waals surface area contributed by atoms with Crippen molar-refractivity contribution in [2.24, 2.45) is 0 Å². The van der Waals surface area contributed by atoms with E-state index in [1.807, 2.05) is 44.3 Å². The molecule has 0 saturated heterocycles. The zero-order chi connectivity index (χ0) is 17.6. The first-order valence-electron chi connectivity index (χ1n) is 8.17. The summed E-state index contributed by atoms with van der Waals surface area (Å²) in [5, 5.41) is 2.92.